The van der Waals surface area contributed by atoms with Crippen molar-refractivity contribution in [2.75, 3.05) is 33.1 Å². The van der Waals surface area contributed by atoms with Crippen LogP contribution in [0.15, 0.2) is 47.5 Å². The molecule has 0 heterocycles. The zero-order valence-electron chi connectivity index (χ0n) is 17.7. The van der Waals surface area contributed by atoms with Crippen LogP contribution in [-0.2, 0) is 23.6 Å². The fourth-order valence-electron chi connectivity index (χ4n) is 2.68. The van der Waals surface area contributed by atoms with Crippen LogP contribution in [0, 0.1) is 5.82 Å². The quantitative estimate of drug-likeness (QED) is 0.187. The van der Waals surface area contributed by atoms with Gasteiger partial charge >= 0.3 is 0 Å². The minimum absolute atomic E-state index is 0. The summed E-state index contributed by atoms with van der Waals surface area (Å²) in [4.78, 5) is 4.65. The summed E-state index contributed by atoms with van der Waals surface area (Å²) in [5.41, 5.74) is 3.17. The Hall–Kier alpha value is -1.52. The number of thioether (sulfide) groups is 1. The lowest BCUT2D eigenvalue weighted by molar-refractivity contribution is 0.146. The van der Waals surface area contributed by atoms with E-state index in [0.29, 0.717) is 26.3 Å². The van der Waals surface area contributed by atoms with Gasteiger partial charge in [0.1, 0.15) is 18.2 Å². The summed E-state index contributed by atoms with van der Waals surface area (Å²) < 4.78 is 24.1. The smallest absolute Gasteiger partial charge is 0.191 e. The third-order valence-electron chi connectivity index (χ3n) is 4.16. The average molecular weight is 547 g/mol. The van der Waals surface area contributed by atoms with Crippen molar-refractivity contribution < 1.29 is 13.9 Å². The molecule has 0 spiro atoms. The number of nitrogens with one attached hydrogen (secondary N) is 2. The van der Waals surface area contributed by atoms with Crippen molar-refractivity contribution in [2.24, 2.45) is 4.99 Å². The Kier molecular flexibility index (Phi) is 13.5. The number of aliphatic imine (C=N–C) groups is 1. The highest BCUT2D eigenvalue weighted by Crippen LogP contribution is 2.17. The Balaban J connectivity index is 0.00000450. The average Bonchev–Trinajstić information content (AvgIpc) is 2.72. The zero-order valence-corrected chi connectivity index (χ0v) is 20.9. The molecule has 0 aliphatic rings. The zero-order chi connectivity index (χ0) is 20.9. The van der Waals surface area contributed by atoms with E-state index in [4.69, 9.17) is 9.47 Å². The van der Waals surface area contributed by atoms with Gasteiger partial charge in [-0.1, -0.05) is 18.2 Å². The van der Waals surface area contributed by atoms with Crippen molar-refractivity contribution in [2.45, 2.75) is 25.8 Å². The molecule has 0 aliphatic carbocycles. The second kappa shape index (κ2) is 15.3. The van der Waals surface area contributed by atoms with E-state index in [1.165, 1.54) is 6.07 Å². The minimum atomic E-state index is -0.201. The fourth-order valence-corrected chi connectivity index (χ4v) is 3.26. The summed E-state index contributed by atoms with van der Waals surface area (Å²) in [6, 6.07) is 12.8. The van der Waals surface area contributed by atoms with Crippen molar-refractivity contribution in [3.05, 3.63) is 65.0 Å². The third kappa shape index (κ3) is 9.53. The first-order valence-electron chi connectivity index (χ1n) is 9.65. The van der Waals surface area contributed by atoms with Crippen LogP contribution in [0.25, 0.3) is 0 Å². The molecule has 0 saturated carbocycles. The van der Waals surface area contributed by atoms with Crippen LogP contribution in [0.5, 0.6) is 5.75 Å². The van der Waals surface area contributed by atoms with Gasteiger partial charge in [0.2, 0.25) is 0 Å². The summed E-state index contributed by atoms with van der Waals surface area (Å²) in [6.45, 7) is 5.03. The largest absolute Gasteiger partial charge is 0.491 e. The Morgan fingerprint density at radius 2 is 1.83 bits per heavy atom. The number of nitrogens with zero attached hydrogens (tertiary/aromatic N) is 1. The molecule has 0 bridgehead atoms. The monoisotopic (exact) mass is 547 g/mol. The van der Waals surface area contributed by atoms with E-state index in [2.05, 4.69) is 15.6 Å². The number of hydrogen-bond acceptors (Lipinski definition) is 4. The van der Waals surface area contributed by atoms with Gasteiger partial charge in [-0.2, -0.15) is 11.8 Å². The van der Waals surface area contributed by atoms with Gasteiger partial charge in [-0.25, -0.2) is 9.38 Å². The molecule has 0 amide bonds. The predicted molar refractivity (Wildman–Crippen MR) is 135 cm³/mol. The number of guanidine groups is 1. The van der Waals surface area contributed by atoms with Crippen molar-refractivity contribution in [3.63, 3.8) is 0 Å². The maximum atomic E-state index is 13.5. The first-order chi connectivity index (χ1) is 14.2. The normalized spacial score (nSPS) is 11.0. The molecule has 2 N–H and O–H groups in total. The van der Waals surface area contributed by atoms with Crippen LogP contribution in [0.2, 0.25) is 0 Å². The van der Waals surface area contributed by atoms with Crippen LogP contribution in [0.1, 0.15) is 23.6 Å². The Morgan fingerprint density at radius 3 is 2.50 bits per heavy atom. The number of benzene rings is 2. The van der Waals surface area contributed by atoms with Crippen LogP contribution < -0.4 is 15.4 Å². The molecular formula is C22H31FIN3O2S. The van der Waals surface area contributed by atoms with E-state index in [1.54, 1.807) is 24.9 Å². The highest BCUT2D eigenvalue weighted by molar-refractivity contribution is 14.0. The molecule has 0 aromatic heterocycles. The Morgan fingerprint density at radius 1 is 1.07 bits per heavy atom. The molecule has 0 unspecified atom stereocenters. The van der Waals surface area contributed by atoms with Gasteiger partial charge in [-0.05, 0) is 54.1 Å². The number of ether oxygens (including phenoxy) is 2. The number of hydrogen-bond donors (Lipinski definition) is 2. The van der Waals surface area contributed by atoms with Gasteiger partial charge < -0.3 is 20.1 Å². The molecule has 2 aromatic carbocycles. The highest BCUT2D eigenvalue weighted by atomic mass is 127. The van der Waals surface area contributed by atoms with Crippen LogP contribution >= 0.6 is 35.7 Å². The molecule has 0 radical (unpaired) electrons. The summed E-state index contributed by atoms with van der Waals surface area (Å²) in [5, 5.41) is 6.59. The number of rotatable bonds is 11. The van der Waals surface area contributed by atoms with Gasteiger partial charge in [-0.3, -0.25) is 0 Å². The van der Waals surface area contributed by atoms with Crippen LogP contribution in [0.4, 0.5) is 4.39 Å². The van der Waals surface area contributed by atoms with E-state index in [0.717, 1.165) is 40.7 Å². The fraction of sp³-hybridized carbons (Fsp3) is 0.409. The second-order valence-corrected chi connectivity index (χ2v) is 7.25. The molecule has 0 fully saturated rings. The summed E-state index contributed by atoms with van der Waals surface area (Å²) in [6.07, 6.45) is 2.02. The summed E-state index contributed by atoms with van der Waals surface area (Å²) >= 11 is 1.68. The van der Waals surface area contributed by atoms with Crippen LogP contribution in [0.3, 0.4) is 0 Å². The third-order valence-corrected chi connectivity index (χ3v) is 4.76. The molecule has 5 nitrogen and oxygen atoms in total. The van der Waals surface area contributed by atoms with Gasteiger partial charge in [0.25, 0.3) is 0 Å². The van der Waals surface area contributed by atoms with E-state index >= 15 is 0 Å². The number of methoxy groups -OCH3 is 1. The van der Waals surface area contributed by atoms with E-state index in [-0.39, 0.29) is 29.8 Å². The van der Waals surface area contributed by atoms with Gasteiger partial charge in [0.05, 0.1) is 13.2 Å². The molecule has 0 atom stereocenters. The summed E-state index contributed by atoms with van der Waals surface area (Å²) in [7, 11) is 1.65. The van der Waals surface area contributed by atoms with E-state index < -0.39 is 0 Å². The van der Waals surface area contributed by atoms with E-state index in [1.807, 2.05) is 43.5 Å². The molecule has 0 saturated heterocycles. The SMILES string of the molecule is CCNC(=NCc1ccc(OCCOC)cc1)NCc1ccc(F)cc1CSC.I. The minimum Gasteiger partial charge on any atom is -0.491 e. The van der Waals surface area contributed by atoms with Crippen molar-refractivity contribution in [1.29, 1.82) is 0 Å². The maximum Gasteiger partial charge on any atom is 0.191 e. The molecule has 2 rings (SSSR count). The lowest BCUT2D eigenvalue weighted by Crippen LogP contribution is -2.37. The molecule has 8 heteroatoms. The first kappa shape index (κ1) is 26.5. The maximum absolute atomic E-state index is 13.5. The van der Waals surface area contributed by atoms with Gasteiger partial charge in [-0.15, -0.1) is 24.0 Å². The molecule has 166 valence electrons. The molecule has 30 heavy (non-hydrogen) atoms. The van der Waals surface area contributed by atoms with Crippen LogP contribution in [-0.4, -0.2) is 39.1 Å². The topological polar surface area (TPSA) is 54.9 Å². The van der Waals surface area contributed by atoms with Crippen molar-refractivity contribution in [1.82, 2.24) is 10.6 Å². The lowest BCUT2D eigenvalue weighted by Gasteiger charge is -2.14. The first-order valence-corrected chi connectivity index (χ1v) is 11.0. The Bertz CT molecular complexity index is 775. The van der Waals surface area contributed by atoms with Gasteiger partial charge in [0, 0.05) is 26.0 Å². The molecular weight excluding hydrogens is 516 g/mol. The lowest BCUT2D eigenvalue weighted by atomic mass is 10.1. The highest BCUT2D eigenvalue weighted by Gasteiger charge is 2.06. The van der Waals surface area contributed by atoms with E-state index in [9.17, 15) is 4.39 Å². The predicted octanol–water partition coefficient (Wildman–Crippen LogP) is 4.59. The standard InChI is InChI=1S/C22H30FN3O2S.HI/c1-4-24-22(26-15-18-7-8-20(23)13-19(18)16-29-3)25-14-17-5-9-21(10-6-17)28-12-11-27-2;/h5-10,13H,4,11-12,14-16H2,1-3H3,(H2,24,25,26);1H. The molecule has 2 aromatic rings. The summed E-state index contributed by atoms with van der Waals surface area (Å²) in [5.74, 6) is 2.12. The number of halogens is 2. The second-order valence-electron chi connectivity index (χ2n) is 6.38. The molecule has 0 aliphatic heterocycles. The van der Waals surface area contributed by atoms with Gasteiger partial charge in [0.15, 0.2) is 5.96 Å². The van der Waals surface area contributed by atoms with Crippen molar-refractivity contribution >= 4 is 41.7 Å². The van der Waals surface area contributed by atoms with Crippen molar-refractivity contribution in [3.8, 4) is 5.75 Å². The Labute approximate surface area is 200 Å².